The number of phenols is 1. The minimum atomic E-state index is -0.631. The van der Waals surface area contributed by atoms with Gasteiger partial charge in [0, 0.05) is 25.5 Å². The third-order valence-corrected chi connectivity index (χ3v) is 2.64. The van der Waals surface area contributed by atoms with E-state index in [0.717, 1.165) is 5.56 Å². The Hall–Kier alpha value is -1.91. The van der Waals surface area contributed by atoms with Gasteiger partial charge in [-0.15, -0.1) is 0 Å². The minimum Gasteiger partial charge on any atom is -0.508 e. The summed E-state index contributed by atoms with van der Waals surface area (Å²) >= 11 is 0. The molecule has 0 saturated heterocycles. The predicted molar refractivity (Wildman–Crippen MR) is 69.0 cm³/mol. The molecule has 1 unspecified atom stereocenters. The van der Waals surface area contributed by atoms with Gasteiger partial charge in [0.05, 0.1) is 6.10 Å². The van der Waals surface area contributed by atoms with Crippen LogP contribution in [0.5, 0.6) is 5.75 Å². The van der Waals surface area contributed by atoms with Crippen LogP contribution in [0.25, 0.3) is 0 Å². The lowest BCUT2D eigenvalue weighted by atomic mass is 10.1. The molecule has 94 valence electrons. The Morgan fingerprint density at radius 3 is 2.83 bits per heavy atom. The Morgan fingerprint density at radius 2 is 2.11 bits per heavy atom. The van der Waals surface area contributed by atoms with E-state index in [-0.39, 0.29) is 5.75 Å². The number of hydrogen-bond donors (Lipinski definition) is 3. The average Bonchev–Trinajstić information content (AvgIpc) is 2.40. The first-order valence-electron chi connectivity index (χ1n) is 5.82. The summed E-state index contributed by atoms with van der Waals surface area (Å²) in [4.78, 5) is 4.02. The van der Waals surface area contributed by atoms with Crippen LogP contribution in [0.4, 0.5) is 0 Å². The van der Waals surface area contributed by atoms with Crippen LogP contribution < -0.4 is 5.32 Å². The Kier molecular flexibility index (Phi) is 4.28. The van der Waals surface area contributed by atoms with Gasteiger partial charge in [-0.3, -0.25) is 4.98 Å². The van der Waals surface area contributed by atoms with E-state index in [0.29, 0.717) is 18.7 Å². The van der Waals surface area contributed by atoms with Gasteiger partial charge in [0.25, 0.3) is 0 Å². The number of phenolic OH excluding ortho intramolecular Hbond substituents is 1. The molecule has 0 radical (unpaired) electrons. The Bertz CT molecular complexity index is 488. The molecule has 0 aliphatic rings. The largest absolute Gasteiger partial charge is 0.508 e. The third kappa shape index (κ3) is 3.55. The van der Waals surface area contributed by atoms with Crippen molar-refractivity contribution in [1.82, 2.24) is 10.3 Å². The fourth-order valence-corrected chi connectivity index (χ4v) is 1.71. The fraction of sp³-hybridized carbons (Fsp3) is 0.214. The summed E-state index contributed by atoms with van der Waals surface area (Å²) in [7, 11) is 0. The molecular formula is C14H16N2O2. The monoisotopic (exact) mass is 244 g/mol. The second kappa shape index (κ2) is 6.14. The first-order chi connectivity index (χ1) is 8.75. The molecule has 4 nitrogen and oxygen atoms in total. The summed E-state index contributed by atoms with van der Waals surface area (Å²) in [6, 6.07) is 10.5. The maximum atomic E-state index is 9.93. The van der Waals surface area contributed by atoms with Crippen LogP contribution in [-0.2, 0) is 6.54 Å². The molecule has 0 fully saturated rings. The number of aromatic hydroxyl groups is 1. The van der Waals surface area contributed by atoms with E-state index in [1.165, 1.54) is 0 Å². The smallest absolute Gasteiger partial charge is 0.115 e. The molecule has 0 spiro atoms. The van der Waals surface area contributed by atoms with Crippen molar-refractivity contribution in [2.75, 3.05) is 6.54 Å². The van der Waals surface area contributed by atoms with Gasteiger partial charge < -0.3 is 15.5 Å². The normalized spacial score (nSPS) is 12.3. The molecule has 1 heterocycles. The molecular weight excluding hydrogens is 228 g/mol. The van der Waals surface area contributed by atoms with Crippen molar-refractivity contribution in [2.45, 2.75) is 12.6 Å². The highest BCUT2D eigenvalue weighted by molar-refractivity contribution is 5.28. The highest BCUT2D eigenvalue weighted by Crippen LogP contribution is 2.17. The van der Waals surface area contributed by atoms with E-state index in [1.807, 2.05) is 12.1 Å². The van der Waals surface area contributed by atoms with Gasteiger partial charge in [0.15, 0.2) is 0 Å². The first-order valence-corrected chi connectivity index (χ1v) is 5.82. The molecule has 3 N–H and O–H groups in total. The number of rotatable bonds is 5. The highest BCUT2D eigenvalue weighted by atomic mass is 16.3. The van der Waals surface area contributed by atoms with Gasteiger partial charge in [-0.25, -0.2) is 0 Å². The molecule has 18 heavy (non-hydrogen) atoms. The zero-order chi connectivity index (χ0) is 12.8. The van der Waals surface area contributed by atoms with Crippen molar-refractivity contribution in [2.24, 2.45) is 0 Å². The number of pyridine rings is 1. The van der Waals surface area contributed by atoms with Crippen molar-refractivity contribution in [3.05, 3.63) is 59.9 Å². The van der Waals surface area contributed by atoms with Gasteiger partial charge in [-0.1, -0.05) is 18.2 Å². The molecule has 0 amide bonds. The van der Waals surface area contributed by atoms with Crippen LogP contribution in [-0.4, -0.2) is 21.7 Å². The van der Waals surface area contributed by atoms with Crippen molar-refractivity contribution < 1.29 is 10.2 Å². The standard InChI is InChI=1S/C14H16N2O2/c17-13-5-1-4-12(7-13)14(18)10-16-9-11-3-2-6-15-8-11/h1-8,14,16-18H,9-10H2. The molecule has 0 saturated carbocycles. The fourth-order valence-electron chi connectivity index (χ4n) is 1.71. The number of benzene rings is 1. The predicted octanol–water partition coefficient (Wildman–Crippen LogP) is 1.61. The van der Waals surface area contributed by atoms with E-state index in [1.54, 1.807) is 36.7 Å². The van der Waals surface area contributed by atoms with Crippen molar-refractivity contribution >= 4 is 0 Å². The van der Waals surface area contributed by atoms with Gasteiger partial charge >= 0.3 is 0 Å². The molecule has 1 aromatic carbocycles. The van der Waals surface area contributed by atoms with Gasteiger partial charge in [-0.05, 0) is 29.3 Å². The molecule has 0 bridgehead atoms. The maximum Gasteiger partial charge on any atom is 0.115 e. The number of hydrogen-bond acceptors (Lipinski definition) is 4. The summed E-state index contributed by atoms with van der Waals surface area (Å²) in [5.41, 5.74) is 1.77. The SMILES string of the molecule is Oc1cccc(C(O)CNCc2cccnc2)c1. The van der Waals surface area contributed by atoms with Crippen LogP contribution >= 0.6 is 0 Å². The number of aliphatic hydroxyl groups excluding tert-OH is 1. The zero-order valence-electron chi connectivity index (χ0n) is 9.95. The van der Waals surface area contributed by atoms with E-state index in [9.17, 15) is 10.2 Å². The molecule has 2 aromatic rings. The zero-order valence-corrected chi connectivity index (χ0v) is 9.95. The first kappa shape index (κ1) is 12.5. The van der Waals surface area contributed by atoms with Crippen LogP contribution in [0.2, 0.25) is 0 Å². The summed E-state index contributed by atoms with van der Waals surface area (Å²) in [5.74, 6) is 0.166. The number of aromatic nitrogens is 1. The lowest BCUT2D eigenvalue weighted by molar-refractivity contribution is 0.174. The van der Waals surface area contributed by atoms with Gasteiger partial charge in [0.1, 0.15) is 5.75 Å². The van der Waals surface area contributed by atoms with Crippen molar-refractivity contribution in [1.29, 1.82) is 0 Å². The van der Waals surface area contributed by atoms with E-state index < -0.39 is 6.10 Å². The molecule has 2 rings (SSSR count). The van der Waals surface area contributed by atoms with Crippen LogP contribution in [0, 0.1) is 0 Å². The maximum absolute atomic E-state index is 9.93. The molecule has 4 heteroatoms. The number of nitrogens with one attached hydrogen (secondary N) is 1. The Morgan fingerprint density at radius 1 is 1.22 bits per heavy atom. The second-order valence-corrected chi connectivity index (χ2v) is 4.10. The molecule has 1 aromatic heterocycles. The topological polar surface area (TPSA) is 65.4 Å². The molecule has 0 aliphatic heterocycles. The Labute approximate surface area is 106 Å². The van der Waals surface area contributed by atoms with E-state index in [2.05, 4.69) is 10.3 Å². The van der Waals surface area contributed by atoms with Gasteiger partial charge in [-0.2, -0.15) is 0 Å². The number of nitrogens with zero attached hydrogens (tertiary/aromatic N) is 1. The quantitative estimate of drug-likeness (QED) is 0.747. The van der Waals surface area contributed by atoms with Crippen LogP contribution in [0.15, 0.2) is 48.8 Å². The highest BCUT2D eigenvalue weighted by Gasteiger charge is 2.07. The molecule has 1 atom stereocenters. The van der Waals surface area contributed by atoms with Crippen LogP contribution in [0.1, 0.15) is 17.2 Å². The summed E-state index contributed by atoms with van der Waals surface area (Å²) in [6.07, 6.45) is 2.88. The van der Waals surface area contributed by atoms with Crippen LogP contribution in [0.3, 0.4) is 0 Å². The van der Waals surface area contributed by atoms with Crippen molar-refractivity contribution in [3.8, 4) is 5.75 Å². The lowest BCUT2D eigenvalue weighted by Gasteiger charge is -2.12. The average molecular weight is 244 g/mol. The number of aliphatic hydroxyl groups is 1. The summed E-state index contributed by atoms with van der Waals surface area (Å²) < 4.78 is 0. The Balaban J connectivity index is 1.83. The summed E-state index contributed by atoms with van der Waals surface area (Å²) in [5, 5.41) is 22.4. The minimum absolute atomic E-state index is 0.166. The van der Waals surface area contributed by atoms with E-state index >= 15 is 0 Å². The van der Waals surface area contributed by atoms with Gasteiger partial charge in [0.2, 0.25) is 0 Å². The van der Waals surface area contributed by atoms with E-state index in [4.69, 9.17) is 0 Å². The van der Waals surface area contributed by atoms with Crippen molar-refractivity contribution in [3.63, 3.8) is 0 Å². The molecule has 0 aliphatic carbocycles. The lowest BCUT2D eigenvalue weighted by Crippen LogP contribution is -2.21. The third-order valence-electron chi connectivity index (χ3n) is 2.64. The second-order valence-electron chi connectivity index (χ2n) is 4.10. The summed E-state index contributed by atoms with van der Waals surface area (Å²) in [6.45, 7) is 1.09.